The molecule has 26 heavy (non-hydrogen) atoms. The second-order valence-electron chi connectivity index (χ2n) is 6.75. The predicted octanol–water partition coefficient (Wildman–Crippen LogP) is 3.28. The number of hydrogen-bond acceptors (Lipinski definition) is 4. The van der Waals surface area contributed by atoms with Crippen LogP contribution in [-0.4, -0.2) is 29.3 Å². The third kappa shape index (κ3) is 3.35. The lowest BCUT2D eigenvalue weighted by Crippen LogP contribution is -2.41. The molecule has 4 amide bonds. The van der Waals surface area contributed by atoms with Gasteiger partial charge in [-0.05, 0) is 42.0 Å². The molecule has 3 rings (SSSR count). The summed E-state index contributed by atoms with van der Waals surface area (Å²) < 4.78 is 0. The van der Waals surface area contributed by atoms with E-state index in [1.807, 2.05) is 35.7 Å². The van der Waals surface area contributed by atoms with E-state index in [0.29, 0.717) is 11.6 Å². The number of carbonyl (C=O) groups excluding carboxylic acids is 3. The standard InChI is InChI=1S/C19H21N3O3S/c1-12(2)13-6-8-14(9-7-13)20-16(23)11-22-17(24)19(3,21-18(22)25)15-5-4-10-26-15/h4-10,12H,11H2,1-3H3,(H,20,23)(H,21,25). The molecule has 0 aliphatic carbocycles. The monoisotopic (exact) mass is 371 g/mol. The highest BCUT2D eigenvalue weighted by Crippen LogP contribution is 2.31. The van der Waals surface area contributed by atoms with Crippen molar-refractivity contribution in [1.82, 2.24) is 10.2 Å². The normalized spacial score (nSPS) is 19.8. The van der Waals surface area contributed by atoms with Gasteiger partial charge in [0.2, 0.25) is 5.91 Å². The number of benzene rings is 1. The zero-order valence-electron chi connectivity index (χ0n) is 14.9. The fourth-order valence-electron chi connectivity index (χ4n) is 2.87. The molecule has 2 N–H and O–H groups in total. The lowest BCUT2D eigenvalue weighted by molar-refractivity contribution is -0.133. The van der Waals surface area contributed by atoms with E-state index >= 15 is 0 Å². The van der Waals surface area contributed by atoms with Crippen LogP contribution in [0.4, 0.5) is 10.5 Å². The Balaban J connectivity index is 1.67. The Morgan fingerprint density at radius 1 is 1.23 bits per heavy atom. The first-order chi connectivity index (χ1) is 12.3. The van der Waals surface area contributed by atoms with Crippen molar-refractivity contribution in [2.45, 2.75) is 32.2 Å². The molecule has 2 aromatic rings. The minimum atomic E-state index is -1.12. The summed E-state index contributed by atoms with van der Waals surface area (Å²) in [7, 11) is 0. The van der Waals surface area contributed by atoms with Gasteiger partial charge in [0.25, 0.3) is 5.91 Å². The number of urea groups is 1. The highest BCUT2D eigenvalue weighted by molar-refractivity contribution is 7.10. The summed E-state index contributed by atoms with van der Waals surface area (Å²) in [5.41, 5.74) is 0.682. The van der Waals surface area contributed by atoms with Crippen LogP contribution < -0.4 is 10.6 Å². The number of nitrogens with one attached hydrogen (secondary N) is 2. The van der Waals surface area contributed by atoms with E-state index in [2.05, 4.69) is 24.5 Å². The van der Waals surface area contributed by atoms with Crippen LogP contribution in [-0.2, 0) is 15.1 Å². The molecule has 7 heteroatoms. The first-order valence-corrected chi connectivity index (χ1v) is 9.27. The number of anilines is 1. The molecule has 0 bridgehead atoms. The van der Waals surface area contributed by atoms with Crippen molar-refractivity contribution in [3.63, 3.8) is 0 Å². The van der Waals surface area contributed by atoms with Gasteiger partial charge in [0.1, 0.15) is 6.54 Å². The molecule has 1 fully saturated rings. The molecule has 2 heterocycles. The van der Waals surface area contributed by atoms with Gasteiger partial charge in [0.05, 0.1) is 0 Å². The van der Waals surface area contributed by atoms with E-state index in [9.17, 15) is 14.4 Å². The summed E-state index contributed by atoms with van der Waals surface area (Å²) in [6.07, 6.45) is 0. The van der Waals surface area contributed by atoms with Gasteiger partial charge in [-0.3, -0.25) is 14.5 Å². The Bertz CT molecular complexity index is 830. The van der Waals surface area contributed by atoms with Crippen LogP contribution in [0.15, 0.2) is 41.8 Å². The largest absolute Gasteiger partial charge is 0.325 e. The molecule has 1 saturated heterocycles. The van der Waals surface area contributed by atoms with Gasteiger partial charge in [-0.25, -0.2) is 4.79 Å². The molecule has 1 aromatic heterocycles. The summed E-state index contributed by atoms with van der Waals surface area (Å²) >= 11 is 1.39. The molecule has 1 aromatic carbocycles. The summed E-state index contributed by atoms with van der Waals surface area (Å²) in [5, 5.41) is 7.26. The van der Waals surface area contributed by atoms with Crippen LogP contribution in [0.2, 0.25) is 0 Å². The van der Waals surface area contributed by atoms with Crippen molar-refractivity contribution in [2.24, 2.45) is 0 Å². The smallest absolute Gasteiger partial charge is 0.325 e. The van der Waals surface area contributed by atoms with Gasteiger partial charge in [-0.2, -0.15) is 0 Å². The maximum atomic E-state index is 12.7. The Labute approximate surface area is 156 Å². The summed E-state index contributed by atoms with van der Waals surface area (Å²) in [6, 6.07) is 10.6. The molecule has 1 aliphatic rings. The van der Waals surface area contributed by atoms with Crippen molar-refractivity contribution >= 4 is 34.9 Å². The van der Waals surface area contributed by atoms with Gasteiger partial charge in [-0.1, -0.05) is 32.0 Å². The molecule has 6 nitrogen and oxygen atoms in total. The van der Waals surface area contributed by atoms with Gasteiger partial charge in [0, 0.05) is 10.6 Å². The number of imide groups is 1. The highest BCUT2D eigenvalue weighted by Gasteiger charge is 2.50. The van der Waals surface area contributed by atoms with Crippen molar-refractivity contribution in [2.75, 3.05) is 11.9 Å². The van der Waals surface area contributed by atoms with E-state index in [0.717, 1.165) is 9.78 Å². The summed E-state index contributed by atoms with van der Waals surface area (Å²) in [6.45, 7) is 5.52. The van der Waals surface area contributed by atoms with Gasteiger partial charge in [-0.15, -0.1) is 11.3 Å². The lowest BCUT2D eigenvalue weighted by atomic mass is 10.0. The average molecular weight is 371 g/mol. The topological polar surface area (TPSA) is 78.5 Å². The Kier molecular flexibility index (Phi) is 4.82. The Hall–Kier alpha value is -2.67. The molecule has 0 saturated carbocycles. The van der Waals surface area contributed by atoms with Crippen LogP contribution in [0, 0.1) is 0 Å². The summed E-state index contributed by atoms with van der Waals surface area (Å²) in [5.74, 6) is -0.433. The van der Waals surface area contributed by atoms with Crippen molar-refractivity contribution in [3.8, 4) is 0 Å². The first kappa shape index (κ1) is 18.1. The molecular weight excluding hydrogens is 350 g/mol. The Morgan fingerprint density at radius 2 is 1.92 bits per heavy atom. The van der Waals surface area contributed by atoms with Crippen molar-refractivity contribution < 1.29 is 14.4 Å². The third-order valence-electron chi connectivity index (χ3n) is 4.45. The van der Waals surface area contributed by atoms with Crippen LogP contribution in [0.1, 0.15) is 37.1 Å². The van der Waals surface area contributed by atoms with Crippen LogP contribution in [0.5, 0.6) is 0 Å². The van der Waals surface area contributed by atoms with E-state index in [-0.39, 0.29) is 6.54 Å². The van der Waals surface area contributed by atoms with E-state index < -0.39 is 23.4 Å². The number of amides is 4. The van der Waals surface area contributed by atoms with Gasteiger partial charge < -0.3 is 10.6 Å². The third-order valence-corrected chi connectivity index (χ3v) is 5.54. The van der Waals surface area contributed by atoms with Crippen LogP contribution >= 0.6 is 11.3 Å². The van der Waals surface area contributed by atoms with E-state index in [1.165, 1.54) is 16.9 Å². The lowest BCUT2D eigenvalue weighted by Gasteiger charge is -2.20. The van der Waals surface area contributed by atoms with Crippen molar-refractivity contribution in [3.05, 3.63) is 52.2 Å². The van der Waals surface area contributed by atoms with Crippen LogP contribution in [0.25, 0.3) is 0 Å². The fourth-order valence-corrected chi connectivity index (χ4v) is 3.70. The fraction of sp³-hybridized carbons (Fsp3) is 0.316. The molecule has 1 aliphatic heterocycles. The molecule has 1 unspecified atom stereocenters. The number of carbonyl (C=O) groups is 3. The molecule has 0 radical (unpaired) electrons. The summed E-state index contributed by atoms with van der Waals surface area (Å²) in [4.78, 5) is 38.9. The average Bonchev–Trinajstić information content (AvgIpc) is 3.20. The number of thiophene rings is 1. The minimum absolute atomic E-state index is 0.322. The van der Waals surface area contributed by atoms with E-state index in [1.54, 1.807) is 13.0 Å². The van der Waals surface area contributed by atoms with E-state index in [4.69, 9.17) is 0 Å². The Morgan fingerprint density at radius 3 is 2.50 bits per heavy atom. The zero-order valence-corrected chi connectivity index (χ0v) is 15.7. The number of hydrogen-bond donors (Lipinski definition) is 2. The molecule has 0 spiro atoms. The van der Waals surface area contributed by atoms with Crippen LogP contribution in [0.3, 0.4) is 0 Å². The molecular formula is C19H21N3O3S. The van der Waals surface area contributed by atoms with Gasteiger partial charge in [0.15, 0.2) is 5.54 Å². The predicted molar refractivity (Wildman–Crippen MR) is 101 cm³/mol. The maximum Gasteiger partial charge on any atom is 0.325 e. The maximum absolute atomic E-state index is 12.7. The second kappa shape index (κ2) is 6.92. The highest BCUT2D eigenvalue weighted by atomic mass is 32.1. The number of rotatable bonds is 5. The zero-order chi connectivity index (χ0) is 18.9. The first-order valence-electron chi connectivity index (χ1n) is 8.39. The minimum Gasteiger partial charge on any atom is -0.325 e. The second-order valence-corrected chi connectivity index (χ2v) is 7.70. The number of nitrogens with zero attached hydrogens (tertiary/aromatic N) is 1. The SMILES string of the molecule is CC(C)c1ccc(NC(=O)CN2C(=O)NC(C)(c3cccs3)C2=O)cc1. The molecule has 1 atom stereocenters. The quantitative estimate of drug-likeness (QED) is 0.792. The molecule has 136 valence electrons. The van der Waals surface area contributed by atoms with Crippen molar-refractivity contribution in [1.29, 1.82) is 0 Å². The van der Waals surface area contributed by atoms with Gasteiger partial charge >= 0.3 is 6.03 Å².